The summed E-state index contributed by atoms with van der Waals surface area (Å²) >= 11 is 0. The highest BCUT2D eigenvalue weighted by Gasteiger charge is 2.02. The molecule has 0 bridgehead atoms. The fourth-order valence-electron chi connectivity index (χ4n) is 1.02. The van der Waals surface area contributed by atoms with Gasteiger partial charge in [-0.15, -0.1) is 0 Å². The van der Waals surface area contributed by atoms with E-state index < -0.39 is 0 Å². The molecule has 0 fully saturated rings. The Labute approximate surface area is 81.3 Å². The molecule has 2 aromatic rings. The number of anilines is 1. The van der Waals surface area contributed by atoms with Crippen molar-refractivity contribution in [2.24, 2.45) is 0 Å². The summed E-state index contributed by atoms with van der Waals surface area (Å²) in [6.45, 7) is 0. The molecular weight excluding hydrogens is 178 g/mol. The van der Waals surface area contributed by atoms with Crippen molar-refractivity contribution in [2.75, 3.05) is 12.4 Å². The lowest BCUT2D eigenvalue weighted by molar-refractivity contribution is 1.08. The molecule has 0 unspecified atom stereocenters. The van der Waals surface area contributed by atoms with Crippen LogP contribution >= 0.6 is 0 Å². The monoisotopic (exact) mass is 187 g/mol. The van der Waals surface area contributed by atoms with Crippen LogP contribution < -0.4 is 5.32 Å². The summed E-state index contributed by atoms with van der Waals surface area (Å²) in [4.78, 5) is 16.4. The molecule has 0 amide bonds. The number of nitrogens with zero attached hydrogens (tertiary/aromatic N) is 4. The predicted octanol–water partition coefficient (Wildman–Crippen LogP) is 0.975. The van der Waals surface area contributed by atoms with Gasteiger partial charge in [-0.1, -0.05) is 0 Å². The van der Waals surface area contributed by atoms with Crippen molar-refractivity contribution in [3.8, 4) is 11.6 Å². The van der Waals surface area contributed by atoms with Crippen LogP contribution in [0, 0.1) is 0 Å². The molecule has 0 saturated heterocycles. The van der Waals surface area contributed by atoms with E-state index in [2.05, 4.69) is 25.3 Å². The fourth-order valence-corrected chi connectivity index (χ4v) is 1.02. The molecule has 0 aromatic carbocycles. The van der Waals surface area contributed by atoms with Crippen molar-refractivity contribution in [1.29, 1.82) is 0 Å². The van der Waals surface area contributed by atoms with Gasteiger partial charge in [-0.25, -0.2) is 19.9 Å². The zero-order chi connectivity index (χ0) is 9.80. The lowest BCUT2D eigenvalue weighted by Gasteiger charge is -2.00. The molecule has 0 spiro atoms. The first-order valence-corrected chi connectivity index (χ1v) is 4.18. The minimum absolute atomic E-state index is 0.525. The second-order valence-electron chi connectivity index (χ2n) is 2.59. The van der Waals surface area contributed by atoms with Crippen LogP contribution in [0.3, 0.4) is 0 Å². The van der Waals surface area contributed by atoms with E-state index in [0.717, 1.165) is 5.82 Å². The van der Waals surface area contributed by atoms with Crippen LogP contribution in [-0.2, 0) is 0 Å². The summed E-state index contributed by atoms with van der Waals surface area (Å²) in [6, 6.07) is 3.54. The molecule has 70 valence electrons. The van der Waals surface area contributed by atoms with E-state index in [9.17, 15) is 0 Å². The van der Waals surface area contributed by atoms with Crippen molar-refractivity contribution in [1.82, 2.24) is 19.9 Å². The van der Waals surface area contributed by atoms with Crippen LogP contribution in [0.15, 0.2) is 30.7 Å². The summed E-state index contributed by atoms with van der Waals surface area (Å²) in [6.07, 6.45) is 5.00. The fraction of sp³-hybridized carbons (Fsp3) is 0.111. The summed E-state index contributed by atoms with van der Waals surface area (Å²) in [5, 5.41) is 2.93. The normalized spacial score (nSPS) is 9.79. The first kappa shape index (κ1) is 8.55. The number of nitrogens with one attached hydrogen (secondary N) is 1. The zero-order valence-corrected chi connectivity index (χ0v) is 7.68. The van der Waals surface area contributed by atoms with Gasteiger partial charge >= 0.3 is 0 Å². The second kappa shape index (κ2) is 3.78. The smallest absolute Gasteiger partial charge is 0.199 e. The maximum absolute atomic E-state index is 4.21. The van der Waals surface area contributed by atoms with E-state index in [0.29, 0.717) is 11.6 Å². The van der Waals surface area contributed by atoms with Crippen LogP contribution in [0.4, 0.5) is 5.82 Å². The Morgan fingerprint density at radius 2 is 1.71 bits per heavy atom. The SMILES string of the molecule is CNc1ccnc(-c2ncccn2)n1. The highest BCUT2D eigenvalue weighted by Crippen LogP contribution is 2.09. The van der Waals surface area contributed by atoms with Crippen LogP contribution in [0.5, 0.6) is 0 Å². The lowest BCUT2D eigenvalue weighted by Crippen LogP contribution is -1.98. The van der Waals surface area contributed by atoms with E-state index >= 15 is 0 Å². The van der Waals surface area contributed by atoms with Gasteiger partial charge in [0.2, 0.25) is 0 Å². The molecule has 0 aliphatic carbocycles. The molecule has 5 nitrogen and oxygen atoms in total. The van der Waals surface area contributed by atoms with Gasteiger partial charge in [-0.3, -0.25) is 0 Å². The van der Waals surface area contributed by atoms with Crippen molar-refractivity contribution in [3.05, 3.63) is 30.7 Å². The van der Waals surface area contributed by atoms with Crippen LogP contribution in [0.1, 0.15) is 0 Å². The molecule has 5 heteroatoms. The van der Waals surface area contributed by atoms with Gasteiger partial charge in [0.05, 0.1) is 0 Å². The maximum Gasteiger partial charge on any atom is 0.199 e. The predicted molar refractivity (Wildman–Crippen MR) is 52.6 cm³/mol. The molecule has 0 atom stereocenters. The summed E-state index contributed by atoms with van der Waals surface area (Å²) in [7, 11) is 1.80. The summed E-state index contributed by atoms with van der Waals surface area (Å²) < 4.78 is 0. The van der Waals surface area contributed by atoms with Crippen molar-refractivity contribution in [2.45, 2.75) is 0 Å². The number of aromatic nitrogens is 4. The van der Waals surface area contributed by atoms with Crippen molar-refractivity contribution < 1.29 is 0 Å². The summed E-state index contributed by atoms with van der Waals surface area (Å²) in [5.74, 6) is 1.81. The summed E-state index contributed by atoms with van der Waals surface area (Å²) in [5.41, 5.74) is 0. The van der Waals surface area contributed by atoms with Crippen LogP contribution in [0.25, 0.3) is 11.6 Å². The topological polar surface area (TPSA) is 63.6 Å². The number of hydrogen-bond donors (Lipinski definition) is 1. The van der Waals surface area contributed by atoms with Crippen molar-refractivity contribution in [3.63, 3.8) is 0 Å². The maximum atomic E-state index is 4.21. The molecule has 0 saturated carbocycles. The Morgan fingerprint density at radius 1 is 1.00 bits per heavy atom. The lowest BCUT2D eigenvalue weighted by atomic mass is 10.5. The quantitative estimate of drug-likeness (QED) is 0.759. The van der Waals surface area contributed by atoms with Gasteiger partial charge < -0.3 is 5.32 Å². The van der Waals surface area contributed by atoms with E-state index in [1.165, 1.54) is 0 Å². The minimum Gasteiger partial charge on any atom is -0.373 e. The third kappa shape index (κ3) is 1.66. The van der Waals surface area contributed by atoms with E-state index in [4.69, 9.17) is 0 Å². The third-order valence-electron chi connectivity index (χ3n) is 1.68. The average Bonchev–Trinajstić information content (AvgIpc) is 2.30. The Kier molecular flexibility index (Phi) is 2.31. The molecule has 0 aliphatic heterocycles. The third-order valence-corrected chi connectivity index (χ3v) is 1.68. The van der Waals surface area contributed by atoms with E-state index in [1.54, 1.807) is 37.8 Å². The Morgan fingerprint density at radius 3 is 2.43 bits per heavy atom. The first-order valence-electron chi connectivity index (χ1n) is 4.18. The number of rotatable bonds is 2. The molecule has 0 aliphatic rings. The van der Waals surface area contributed by atoms with Gasteiger partial charge in [0, 0.05) is 25.6 Å². The van der Waals surface area contributed by atoms with Crippen LogP contribution in [0.2, 0.25) is 0 Å². The van der Waals surface area contributed by atoms with Gasteiger partial charge in [0.25, 0.3) is 0 Å². The van der Waals surface area contributed by atoms with Gasteiger partial charge in [-0.2, -0.15) is 0 Å². The standard InChI is InChI=1S/C9H9N5/c1-10-7-3-6-13-9(14-7)8-11-4-2-5-12-8/h2-6H,1H3,(H,10,13,14). The molecule has 2 aromatic heterocycles. The Balaban J connectivity index is 2.42. The van der Waals surface area contributed by atoms with Gasteiger partial charge in [-0.05, 0) is 12.1 Å². The molecule has 1 N–H and O–H groups in total. The average molecular weight is 187 g/mol. The molecule has 2 heterocycles. The molecular formula is C9H9N5. The number of hydrogen-bond acceptors (Lipinski definition) is 5. The van der Waals surface area contributed by atoms with E-state index in [-0.39, 0.29) is 0 Å². The highest BCUT2D eigenvalue weighted by molar-refractivity contribution is 5.46. The molecule has 2 rings (SSSR count). The van der Waals surface area contributed by atoms with E-state index in [1.807, 2.05) is 0 Å². The van der Waals surface area contributed by atoms with Gasteiger partial charge in [0.15, 0.2) is 11.6 Å². The largest absolute Gasteiger partial charge is 0.373 e. The van der Waals surface area contributed by atoms with Crippen LogP contribution in [-0.4, -0.2) is 27.0 Å². The highest BCUT2D eigenvalue weighted by atomic mass is 15.0. The molecule has 0 radical (unpaired) electrons. The zero-order valence-electron chi connectivity index (χ0n) is 7.68. The molecule has 14 heavy (non-hydrogen) atoms. The van der Waals surface area contributed by atoms with Gasteiger partial charge in [0.1, 0.15) is 5.82 Å². The van der Waals surface area contributed by atoms with Crippen molar-refractivity contribution >= 4 is 5.82 Å². The Hall–Kier alpha value is -2.04. The minimum atomic E-state index is 0.525. The Bertz CT molecular complexity index is 415. The second-order valence-corrected chi connectivity index (χ2v) is 2.59. The first-order chi connectivity index (χ1) is 6.90.